The van der Waals surface area contributed by atoms with Gasteiger partial charge in [0.25, 0.3) is 0 Å². The molecule has 7 heteroatoms. The number of aromatic amines is 1. The highest BCUT2D eigenvalue weighted by Gasteiger charge is 2.11. The molecule has 3 aromatic carbocycles. The van der Waals surface area contributed by atoms with E-state index in [0.29, 0.717) is 35.7 Å². The highest BCUT2D eigenvalue weighted by atomic mass is 19.1. The van der Waals surface area contributed by atoms with Crippen molar-refractivity contribution >= 4 is 28.4 Å². The first-order valence-corrected chi connectivity index (χ1v) is 9.63. The highest BCUT2D eigenvalue weighted by Crippen LogP contribution is 2.26. The smallest absolute Gasteiger partial charge is 0.324 e. The van der Waals surface area contributed by atoms with Gasteiger partial charge in [-0.2, -0.15) is 5.10 Å². The number of amides is 2. The lowest BCUT2D eigenvalue weighted by atomic mass is 10.1. The minimum absolute atomic E-state index is 0.294. The maximum absolute atomic E-state index is 12.4. The molecular weight excluding hydrogens is 383 g/mol. The van der Waals surface area contributed by atoms with Crippen molar-refractivity contribution < 1.29 is 13.9 Å². The second kappa shape index (κ2) is 9.09. The summed E-state index contributed by atoms with van der Waals surface area (Å²) in [7, 11) is 0. The van der Waals surface area contributed by atoms with Crippen LogP contribution < -0.4 is 15.4 Å². The molecular formula is C23H21FN4O2. The van der Waals surface area contributed by atoms with Crippen molar-refractivity contribution in [3.8, 4) is 16.9 Å². The van der Waals surface area contributed by atoms with Gasteiger partial charge in [0.05, 0.1) is 18.8 Å². The molecule has 0 aliphatic heterocycles. The van der Waals surface area contributed by atoms with E-state index < -0.39 is 12.7 Å². The number of halogens is 1. The fourth-order valence-corrected chi connectivity index (χ4v) is 3.07. The SMILES string of the molecule is O=C(Nc1ccc(-c2ccccc2)cc1)Nc1n[nH]c2ccc(OCCCF)cc12. The topological polar surface area (TPSA) is 79.0 Å². The highest BCUT2D eigenvalue weighted by molar-refractivity contribution is 6.04. The maximum atomic E-state index is 12.4. The molecule has 152 valence electrons. The summed E-state index contributed by atoms with van der Waals surface area (Å²) < 4.78 is 17.8. The van der Waals surface area contributed by atoms with Crippen LogP contribution in [0.4, 0.5) is 20.7 Å². The number of carbonyl (C=O) groups excluding carboxylic acids is 1. The van der Waals surface area contributed by atoms with Crippen LogP contribution in [0.5, 0.6) is 5.75 Å². The zero-order chi connectivity index (χ0) is 20.8. The summed E-state index contributed by atoms with van der Waals surface area (Å²) >= 11 is 0. The Hall–Kier alpha value is -3.87. The molecule has 0 saturated heterocycles. The minimum Gasteiger partial charge on any atom is -0.493 e. The predicted molar refractivity (Wildman–Crippen MR) is 117 cm³/mol. The van der Waals surface area contributed by atoms with Crippen LogP contribution in [0.1, 0.15) is 6.42 Å². The summed E-state index contributed by atoms with van der Waals surface area (Å²) in [5.41, 5.74) is 3.61. The third kappa shape index (κ3) is 4.57. The summed E-state index contributed by atoms with van der Waals surface area (Å²) in [4.78, 5) is 12.4. The lowest BCUT2D eigenvalue weighted by Crippen LogP contribution is -2.19. The van der Waals surface area contributed by atoms with Crippen molar-refractivity contribution in [2.75, 3.05) is 23.9 Å². The van der Waals surface area contributed by atoms with Gasteiger partial charge in [0.15, 0.2) is 5.82 Å². The van der Waals surface area contributed by atoms with Crippen LogP contribution in [0.15, 0.2) is 72.8 Å². The molecule has 1 heterocycles. The zero-order valence-electron chi connectivity index (χ0n) is 16.2. The molecule has 0 spiro atoms. The van der Waals surface area contributed by atoms with E-state index in [0.717, 1.165) is 16.6 Å². The van der Waals surface area contributed by atoms with Gasteiger partial charge in [0, 0.05) is 17.5 Å². The van der Waals surface area contributed by atoms with Crippen LogP contribution in [0.25, 0.3) is 22.0 Å². The van der Waals surface area contributed by atoms with E-state index in [4.69, 9.17) is 4.74 Å². The average Bonchev–Trinajstić information content (AvgIpc) is 3.17. The Labute approximate surface area is 173 Å². The Kier molecular flexibility index (Phi) is 5.89. The quantitative estimate of drug-likeness (QED) is 0.350. The molecule has 0 aliphatic carbocycles. The monoisotopic (exact) mass is 404 g/mol. The van der Waals surface area contributed by atoms with Crippen molar-refractivity contribution in [2.45, 2.75) is 6.42 Å². The van der Waals surface area contributed by atoms with Gasteiger partial charge < -0.3 is 10.1 Å². The largest absolute Gasteiger partial charge is 0.493 e. The molecule has 0 unspecified atom stereocenters. The normalized spacial score (nSPS) is 10.7. The number of aromatic nitrogens is 2. The number of urea groups is 1. The van der Waals surface area contributed by atoms with E-state index >= 15 is 0 Å². The van der Waals surface area contributed by atoms with E-state index in [9.17, 15) is 9.18 Å². The van der Waals surface area contributed by atoms with E-state index in [1.54, 1.807) is 18.2 Å². The van der Waals surface area contributed by atoms with Crippen molar-refractivity contribution in [3.63, 3.8) is 0 Å². The van der Waals surface area contributed by atoms with E-state index in [-0.39, 0.29) is 0 Å². The van der Waals surface area contributed by atoms with Gasteiger partial charge in [-0.05, 0) is 41.5 Å². The maximum Gasteiger partial charge on any atom is 0.324 e. The van der Waals surface area contributed by atoms with Crippen molar-refractivity contribution in [2.24, 2.45) is 0 Å². The van der Waals surface area contributed by atoms with Crippen molar-refractivity contribution in [1.82, 2.24) is 10.2 Å². The Bertz CT molecular complexity index is 1130. The fraction of sp³-hybridized carbons (Fsp3) is 0.130. The van der Waals surface area contributed by atoms with Gasteiger partial charge in [0.2, 0.25) is 0 Å². The molecule has 0 bridgehead atoms. The second-order valence-corrected chi connectivity index (χ2v) is 6.69. The summed E-state index contributed by atoms with van der Waals surface area (Å²) in [5, 5.41) is 13.3. The number of hydrogen-bond donors (Lipinski definition) is 3. The number of H-pyrrole nitrogens is 1. The van der Waals surface area contributed by atoms with Gasteiger partial charge >= 0.3 is 6.03 Å². The third-order valence-electron chi connectivity index (χ3n) is 4.56. The van der Waals surface area contributed by atoms with Gasteiger partial charge in [-0.3, -0.25) is 14.8 Å². The van der Waals surface area contributed by atoms with E-state index in [1.165, 1.54) is 0 Å². The van der Waals surface area contributed by atoms with Gasteiger partial charge in [-0.25, -0.2) is 4.79 Å². The van der Waals surface area contributed by atoms with Crippen LogP contribution in [-0.2, 0) is 0 Å². The molecule has 4 aromatic rings. The molecule has 3 N–H and O–H groups in total. The van der Waals surface area contributed by atoms with Gasteiger partial charge in [-0.15, -0.1) is 0 Å². The van der Waals surface area contributed by atoms with Crippen LogP contribution in [-0.4, -0.2) is 29.5 Å². The second-order valence-electron chi connectivity index (χ2n) is 6.69. The fourth-order valence-electron chi connectivity index (χ4n) is 3.07. The standard InChI is InChI=1S/C23H21FN4O2/c24-13-4-14-30-19-11-12-21-20(15-19)22(28-27-21)26-23(29)25-18-9-7-17(8-10-18)16-5-2-1-3-6-16/h1-3,5-12,15H,4,13-14H2,(H3,25,26,27,28,29). The minimum atomic E-state index is -0.423. The van der Waals surface area contributed by atoms with Crippen LogP contribution in [0.3, 0.4) is 0 Å². The number of nitrogens with one attached hydrogen (secondary N) is 3. The Balaban J connectivity index is 1.42. The number of fused-ring (bicyclic) bond motifs is 1. The van der Waals surface area contributed by atoms with Crippen LogP contribution >= 0.6 is 0 Å². The van der Waals surface area contributed by atoms with Crippen LogP contribution in [0.2, 0.25) is 0 Å². The lowest BCUT2D eigenvalue weighted by Gasteiger charge is -2.08. The molecule has 30 heavy (non-hydrogen) atoms. The first kappa shape index (κ1) is 19.4. The summed E-state index contributed by atoms with van der Waals surface area (Å²) in [6.07, 6.45) is 0.333. The Morgan fingerprint density at radius 1 is 0.967 bits per heavy atom. The van der Waals surface area contributed by atoms with Gasteiger partial charge in [0.1, 0.15) is 5.75 Å². The van der Waals surface area contributed by atoms with Crippen molar-refractivity contribution in [1.29, 1.82) is 0 Å². The number of anilines is 2. The number of hydrogen-bond acceptors (Lipinski definition) is 3. The number of ether oxygens (including phenoxy) is 1. The first-order valence-electron chi connectivity index (χ1n) is 9.63. The molecule has 0 saturated carbocycles. The predicted octanol–water partition coefficient (Wildman–Crippen LogP) is 5.61. The third-order valence-corrected chi connectivity index (χ3v) is 4.56. The zero-order valence-corrected chi connectivity index (χ0v) is 16.2. The van der Waals surface area contributed by atoms with E-state index in [1.807, 2.05) is 54.6 Å². The first-order chi connectivity index (χ1) is 14.7. The molecule has 1 aromatic heterocycles. The molecule has 0 atom stereocenters. The summed E-state index contributed by atoms with van der Waals surface area (Å²) in [5.74, 6) is 0.983. The lowest BCUT2D eigenvalue weighted by molar-refractivity contribution is 0.262. The number of rotatable bonds is 7. The number of carbonyl (C=O) groups is 1. The van der Waals surface area contributed by atoms with Crippen LogP contribution in [0, 0.1) is 0 Å². The number of benzene rings is 3. The molecule has 0 aliphatic rings. The van der Waals surface area contributed by atoms with Gasteiger partial charge in [-0.1, -0.05) is 42.5 Å². The van der Waals surface area contributed by atoms with Crippen molar-refractivity contribution in [3.05, 3.63) is 72.8 Å². The summed E-state index contributed by atoms with van der Waals surface area (Å²) in [6.45, 7) is -0.130. The number of nitrogens with zero attached hydrogens (tertiary/aromatic N) is 1. The molecule has 0 fully saturated rings. The molecule has 0 radical (unpaired) electrons. The van der Waals surface area contributed by atoms with E-state index in [2.05, 4.69) is 20.8 Å². The Morgan fingerprint density at radius 2 is 1.73 bits per heavy atom. The molecule has 4 rings (SSSR count). The Morgan fingerprint density at radius 3 is 2.50 bits per heavy atom. The molecule has 6 nitrogen and oxygen atoms in total. The average molecular weight is 404 g/mol. The summed E-state index contributed by atoms with van der Waals surface area (Å²) in [6, 6.07) is 22.6. The number of alkyl halides is 1. The molecule has 2 amide bonds.